The molecule has 0 unspecified atom stereocenters. The Morgan fingerprint density at radius 3 is 2.42 bits per heavy atom. The van der Waals surface area contributed by atoms with Gasteiger partial charge < -0.3 is 15.1 Å². The number of nitrogens with one attached hydrogen (secondary N) is 1. The standard InChI is InChI=1S/C17H17Cl2N5O2/c1-11-9-14(16(26)24-7-5-23(10-25)6-8-24)21-17(20-11)22-15-12(18)3-2-4-13(15)19/h2-4,9-10H,5-8H2,1H3,(H,20,21,22). The van der Waals surface area contributed by atoms with Crippen LogP contribution in [0.4, 0.5) is 11.6 Å². The maximum Gasteiger partial charge on any atom is 0.272 e. The number of aromatic nitrogens is 2. The van der Waals surface area contributed by atoms with E-state index < -0.39 is 0 Å². The monoisotopic (exact) mass is 393 g/mol. The summed E-state index contributed by atoms with van der Waals surface area (Å²) in [6, 6.07) is 6.77. The van der Waals surface area contributed by atoms with Crippen molar-refractivity contribution < 1.29 is 9.59 Å². The van der Waals surface area contributed by atoms with Crippen LogP contribution in [0.15, 0.2) is 24.3 Å². The van der Waals surface area contributed by atoms with Crippen LogP contribution in [-0.4, -0.2) is 58.3 Å². The summed E-state index contributed by atoms with van der Waals surface area (Å²) in [5.41, 5.74) is 1.41. The molecule has 0 saturated carbocycles. The second-order valence-corrected chi connectivity index (χ2v) is 6.69. The minimum Gasteiger partial charge on any atom is -0.342 e. The number of amides is 2. The second-order valence-electron chi connectivity index (χ2n) is 5.87. The number of benzene rings is 1. The first-order valence-corrected chi connectivity index (χ1v) is 8.79. The lowest BCUT2D eigenvalue weighted by atomic mass is 10.2. The average molecular weight is 394 g/mol. The van der Waals surface area contributed by atoms with Crippen molar-refractivity contribution in [2.75, 3.05) is 31.5 Å². The van der Waals surface area contributed by atoms with Gasteiger partial charge in [-0.25, -0.2) is 9.97 Å². The van der Waals surface area contributed by atoms with Crippen molar-refractivity contribution in [1.29, 1.82) is 0 Å². The molecule has 1 aromatic carbocycles. The van der Waals surface area contributed by atoms with Crippen LogP contribution in [0.3, 0.4) is 0 Å². The topological polar surface area (TPSA) is 78.4 Å². The summed E-state index contributed by atoms with van der Waals surface area (Å²) in [6.45, 7) is 3.75. The first-order chi connectivity index (χ1) is 12.5. The number of aryl methyl sites for hydroxylation is 1. The molecule has 7 nitrogen and oxygen atoms in total. The molecule has 26 heavy (non-hydrogen) atoms. The van der Waals surface area contributed by atoms with Gasteiger partial charge in [-0.05, 0) is 25.1 Å². The first-order valence-electron chi connectivity index (χ1n) is 8.03. The third kappa shape index (κ3) is 4.05. The molecule has 0 spiro atoms. The molecule has 1 aliphatic rings. The lowest BCUT2D eigenvalue weighted by Crippen LogP contribution is -2.48. The van der Waals surface area contributed by atoms with Crippen LogP contribution in [0.1, 0.15) is 16.2 Å². The maximum atomic E-state index is 12.7. The zero-order valence-electron chi connectivity index (χ0n) is 14.1. The van der Waals surface area contributed by atoms with E-state index in [4.69, 9.17) is 23.2 Å². The van der Waals surface area contributed by atoms with Crippen molar-refractivity contribution in [2.45, 2.75) is 6.92 Å². The van der Waals surface area contributed by atoms with Gasteiger partial charge in [0.2, 0.25) is 12.4 Å². The summed E-state index contributed by atoms with van der Waals surface area (Å²) in [6.07, 6.45) is 0.798. The van der Waals surface area contributed by atoms with Crippen molar-refractivity contribution >= 4 is 47.2 Å². The van der Waals surface area contributed by atoms with E-state index in [1.807, 2.05) is 0 Å². The van der Waals surface area contributed by atoms with Gasteiger partial charge in [0.05, 0.1) is 15.7 Å². The highest BCUT2D eigenvalue weighted by Crippen LogP contribution is 2.31. The molecule has 2 heterocycles. The largest absolute Gasteiger partial charge is 0.342 e. The average Bonchev–Trinajstić information content (AvgIpc) is 2.64. The predicted octanol–water partition coefficient (Wildman–Crippen LogP) is 2.75. The highest BCUT2D eigenvalue weighted by atomic mass is 35.5. The number of carbonyl (C=O) groups is 2. The van der Waals surface area contributed by atoms with Crippen molar-refractivity contribution in [3.05, 3.63) is 45.7 Å². The molecule has 136 valence electrons. The number of hydrogen-bond acceptors (Lipinski definition) is 5. The molecule has 1 aromatic heterocycles. The number of hydrogen-bond donors (Lipinski definition) is 1. The molecule has 2 aromatic rings. The van der Waals surface area contributed by atoms with E-state index in [1.54, 1.807) is 41.0 Å². The Morgan fingerprint density at radius 1 is 1.15 bits per heavy atom. The summed E-state index contributed by atoms with van der Waals surface area (Å²) in [5.74, 6) is 0.0456. The molecule has 1 saturated heterocycles. The van der Waals surface area contributed by atoms with E-state index in [2.05, 4.69) is 15.3 Å². The Kier molecular flexibility index (Phi) is 5.58. The molecule has 0 radical (unpaired) electrons. The molecule has 2 amide bonds. The van der Waals surface area contributed by atoms with Crippen LogP contribution in [0.2, 0.25) is 10.0 Å². The number of piperazine rings is 1. The van der Waals surface area contributed by atoms with Crippen LogP contribution >= 0.6 is 23.2 Å². The number of anilines is 2. The summed E-state index contributed by atoms with van der Waals surface area (Å²) >= 11 is 12.3. The van der Waals surface area contributed by atoms with Gasteiger partial charge in [0.1, 0.15) is 5.69 Å². The quantitative estimate of drug-likeness (QED) is 0.807. The molecule has 1 fully saturated rings. The lowest BCUT2D eigenvalue weighted by molar-refractivity contribution is -0.119. The number of para-hydroxylation sites is 1. The van der Waals surface area contributed by atoms with E-state index in [9.17, 15) is 9.59 Å². The van der Waals surface area contributed by atoms with Gasteiger partial charge in [-0.3, -0.25) is 9.59 Å². The van der Waals surface area contributed by atoms with Gasteiger partial charge in [-0.1, -0.05) is 29.3 Å². The highest BCUT2D eigenvalue weighted by molar-refractivity contribution is 6.39. The van der Waals surface area contributed by atoms with E-state index in [-0.39, 0.29) is 17.5 Å². The summed E-state index contributed by atoms with van der Waals surface area (Å²) in [7, 11) is 0. The number of halogens is 2. The fourth-order valence-corrected chi connectivity index (χ4v) is 3.15. The van der Waals surface area contributed by atoms with Crippen molar-refractivity contribution in [1.82, 2.24) is 19.8 Å². The molecule has 0 atom stereocenters. The van der Waals surface area contributed by atoms with Crippen molar-refractivity contribution in [3.63, 3.8) is 0 Å². The van der Waals surface area contributed by atoms with Gasteiger partial charge in [0, 0.05) is 31.9 Å². The normalized spacial score (nSPS) is 14.3. The Hall–Kier alpha value is -2.38. The lowest BCUT2D eigenvalue weighted by Gasteiger charge is -2.32. The molecule has 0 bridgehead atoms. The highest BCUT2D eigenvalue weighted by Gasteiger charge is 2.23. The maximum absolute atomic E-state index is 12.7. The Labute approximate surface area is 160 Å². The van der Waals surface area contributed by atoms with Crippen LogP contribution in [-0.2, 0) is 4.79 Å². The molecule has 0 aliphatic carbocycles. The van der Waals surface area contributed by atoms with Gasteiger partial charge in [-0.2, -0.15) is 0 Å². The van der Waals surface area contributed by atoms with Gasteiger partial charge in [-0.15, -0.1) is 0 Å². The zero-order valence-corrected chi connectivity index (χ0v) is 15.6. The van der Waals surface area contributed by atoms with E-state index in [1.165, 1.54) is 0 Å². The third-order valence-electron chi connectivity index (χ3n) is 4.02. The smallest absolute Gasteiger partial charge is 0.272 e. The molecular weight excluding hydrogens is 377 g/mol. The molecule has 1 N–H and O–H groups in total. The van der Waals surface area contributed by atoms with Crippen LogP contribution in [0.25, 0.3) is 0 Å². The fraction of sp³-hybridized carbons (Fsp3) is 0.294. The molecule has 1 aliphatic heterocycles. The summed E-state index contributed by atoms with van der Waals surface area (Å²) in [4.78, 5) is 35.5. The summed E-state index contributed by atoms with van der Waals surface area (Å²) in [5, 5.41) is 3.85. The van der Waals surface area contributed by atoms with Gasteiger partial charge in [0.25, 0.3) is 5.91 Å². The SMILES string of the molecule is Cc1cc(C(=O)N2CCN(C=O)CC2)nc(Nc2c(Cl)cccc2Cl)n1. The third-order valence-corrected chi connectivity index (χ3v) is 4.65. The van der Waals surface area contributed by atoms with Crippen LogP contribution < -0.4 is 5.32 Å². The van der Waals surface area contributed by atoms with E-state index >= 15 is 0 Å². The van der Waals surface area contributed by atoms with E-state index in [0.717, 1.165) is 6.41 Å². The Balaban J connectivity index is 1.81. The summed E-state index contributed by atoms with van der Waals surface area (Å²) < 4.78 is 0. The molecule has 9 heteroatoms. The number of carbonyl (C=O) groups excluding carboxylic acids is 2. The fourth-order valence-electron chi connectivity index (χ4n) is 2.66. The minimum atomic E-state index is -0.200. The van der Waals surface area contributed by atoms with Crippen molar-refractivity contribution in [3.8, 4) is 0 Å². The molecular formula is C17H17Cl2N5O2. The predicted molar refractivity (Wildman–Crippen MR) is 100 cm³/mol. The Bertz CT molecular complexity index is 818. The van der Waals surface area contributed by atoms with Crippen LogP contribution in [0, 0.1) is 6.92 Å². The Morgan fingerprint density at radius 2 is 1.81 bits per heavy atom. The zero-order chi connectivity index (χ0) is 18.7. The van der Waals surface area contributed by atoms with Crippen LogP contribution in [0.5, 0.6) is 0 Å². The van der Waals surface area contributed by atoms with Crippen molar-refractivity contribution in [2.24, 2.45) is 0 Å². The number of nitrogens with zero attached hydrogens (tertiary/aromatic N) is 4. The minimum absolute atomic E-state index is 0.200. The van der Waals surface area contributed by atoms with E-state index in [0.29, 0.717) is 47.6 Å². The first kappa shape index (κ1) is 18.4. The van der Waals surface area contributed by atoms with Gasteiger partial charge in [0.15, 0.2) is 0 Å². The van der Waals surface area contributed by atoms with Gasteiger partial charge >= 0.3 is 0 Å². The number of rotatable bonds is 4. The second kappa shape index (κ2) is 7.88. The molecule has 3 rings (SSSR count).